The molecule has 6 rings (SSSR count). The van der Waals surface area contributed by atoms with Crippen LogP contribution in [0.25, 0.3) is 11.1 Å². The van der Waals surface area contributed by atoms with Gasteiger partial charge in [0.05, 0.1) is 12.3 Å². The number of nitrogens with one attached hydrogen (secondary N) is 1. The Balaban J connectivity index is 1.22. The minimum absolute atomic E-state index is 0.212. The lowest BCUT2D eigenvalue weighted by Crippen LogP contribution is -2.45. The molecular weight excluding hydrogens is 396 g/mol. The van der Waals surface area contributed by atoms with Gasteiger partial charge >= 0.3 is 6.09 Å². The van der Waals surface area contributed by atoms with Gasteiger partial charge in [-0.15, -0.1) is 0 Å². The molecule has 2 aromatic rings. The zero-order valence-corrected chi connectivity index (χ0v) is 17.2. The summed E-state index contributed by atoms with van der Waals surface area (Å²) >= 11 is 0. The number of ether oxygens (including phenoxy) is 2. The SMILES string of the molecule is O=C1O[C@@H](CO)C2COc3cc(-c4ccc(N5CC6CCCNC6C5)nc4)ccc3N12. The summed E-state index contributed by atoms with van der Waals surface area (Å²) in [4.78, 5) is 21.0. The second-order valence-electron chi connectivity index (χ2n) is 8.81. The average Bonchev–Trinajstić information content (AvgIpc) is 3.40. The van der Waals surface area contributed by atoms with Crippen LogP contribution in [0.3, 0.4) is 0 Å². The summed E-state index contributed by atoms with van der Waals surface area (Å²) in [5.74, 6) is 2.38. The molecule has 8 heteroatoms. The number of pyridine rings is 1. The van der Waals surface area contributed by atoms with E-state index in [2.05, 4.69) is 22.3 Å². The molecule has 8 nitrogen and oxygen atoms in total. The van der Waals surface area contributed by atoms with Crippen LogP contribution in [0, 0.1) is 5.92 Å². The molecular formula is C23H26N4O4. The first-order chi connectivity index (χ1) is 15.2. The number of aromatic nitrogens is 1. The van der Waals surface area contributed by atoms with Crippen LogP contribution in [0.5, 0.6) is 5.75 Å². The standard InChI is InChI=1S/C23H26N4O4/c28-12-21-19-13-30-20-8-14(3-5-18(20)27(19)23(29)31-21)15-4-6-22(25-9-15)26-10-16-2-1-7-24-17(16)11-26/h3-6,8-9,16-17,19,21,24,28H,1-2,7,10-13H2/t16?,17?,19?,21-/m0/s1. The molecule has 4 aliphatic heterocycles. The molecule has 31 heavy (non-hydrogen) atoms. The number of fused-ring (bicyclic) bond motifs is 4. The van der Waals surface area contributed by atoms with Gasteiger partial charge in [0.2, 0.25) is 0 Å². The Kier molecular flexibility index (Phi) is 4.50. The molecule has 0 saturated carbocycles. The van der Waals surface area contributed by atoms with Crippen LogP contribution in [0.1, 0.15) is 12.8 Å². The minimum Gasteiger partial charge on any atom is -0.489 e. The van der Waals surface area contributed by atoms with Crippen LogP contribution in [-0.4, -0.2) is 67.2 Å². The lowest BCUT2D eigenvalue weighted by atomic mass is 9.94. The lowest BCUT2D eigenvalue weighted by Gasteiger charge is -2.31. The zero-order chi connectivity index (χ0) is 20.9. The number of amides is 1. The van der Waals surface area contributed by atoms with Gasteiger partial charge in [-0.3, -0.25) is 4.90 Å². The maximum atomic E-state index is 12.3. The molecule has 0 spiro atoms. The fraction of sp³-hybridized carbons (Fsp3) is 0.478. The van der Waals surface area contributed by atoms with Crippen molar-refractivity contribution in [3.63, 3.8) is 0 Å². The topological polar surface area (TPSA) is 87.2 Å². The van der Waals surface area contributed by atoms with E-state index in [0.29, 0.717) is 24.1 Å². The number of benzene rings is 1. The summed E-state index contributed by atoms with van der Waals surface area (Å²) in [6.07, 6.45) is 3.48. The molecule has 0 aliphatic carbocycles. The van der Waals surface area contributed by atoms with Crippen molar-refractivity contribution >= 4 is 17.6 Å². The molecule has 1 aromatic heterocycles. The first kappa shape index (κ1) is 18.9. The van der Waals surface area contributed by atoms with Gasteiger partial charge in [-0.1, -0.05) is 6.07 Å². The molecule has 4 aliphatic rings. The third kappa shape index (κ3) is 3.13. The van der Waals surface area contributed by atoms with Crippen molar-refractivity contribution in [1.29, 1.82) is 0 Å². The Labute approximate surface area is 180 Å². The van der Waals surface area contributed by atoms with Gasteiger partial charge in [-0.25, -0.2) is 9.78 Å². The number of aliphatic hydroxyl groups is 1. The molecule has 1 aromatic carbocycles. The number of hydrogen-bond donors (Lipinski definition) is 2. The van der Waals surface area contributed by atoms with E-state index in [1.807, 2.05) is 24.4 Å². The fourth-order valence-corrected chi connectivity index (χ4v) is 5.35. The minimum atomic E-state index is -0.554. The van der Waals surface area contributed by atoms with E-state index < -0.39 is 12.2 Å². The molecule has 3 fully saturated rings. The highest BCUT2D eigenvalue weighted by molar-refractivity contribution is 5.94. The Morgan fingerprint density at radius 1 is 1.19 bits per heavy atom. The lowest BCUT2D eigenvalue weighted by molar-refractivity contribution is 0.0734. The van der Waals surface area contributed by atoms with Crippen molar-refractivity contribution in [1.82, 2.24) is 10.3 Å². The van der Waals surface area contributed by atoms with Crippen molar-refractivity contribution in [2.45, 2.75) is 31.0 Å². The molecule has 1 amide bonds. The molecule has 3 unspecified atom stereocenters. The highest BCUT2D eigenvalue weighted by Crippen LogP contribution is 2.41. The average molecular weight is 422 g/mol. The monoisotopic (exact) mass is 422 g/mol. The number of hydrogen-bond acceptors (Lipinski definition) is 7. The van der Waals surface area contributed by atoms with Crippen LogP contribution < -0.4 is 19.9 Å². The summed E-state index contributed by atoms with van der Waals surface area (Å²) in [7, 11) is 0. The summed E-state index contributed by atoms with van der Waals surface area (Å²) in [5, 5.41) is 13.1. The van der Waals surface area contributed by atoms with E-state index in [0.717, 1.165) is 42.5 Å². The van der Waals surface area contributed by atoms with Crippen molar-refractivity contribution < 1.29 is 19.4 Å². The molecule has 5 heterocycles. The second-order valence-corrected chi connectivity index (χ2v) is 8.81. The summed E-state index contributed by atoms with van der Waals surface area (Å²) in [6, 6.07) is 10.3. The number of aliphatic hydroxyl groups excluding tert-OH is 1. The second kappa shape index (κ2) is 7.39. The van der Waals surface area contributed by atoms with E-state index in [1.165, 1.54) is 12.8 Å². The third-order valence-electron chi connectivity index (χ3n) is 7.02. The van der Waals surface area contributed by atoms with Crippen LogP contribution in [-0.2, 0) is 4.74 Å². The van der Waals surface area contributed by atoms with Crippen molar-refractivity contribution in [2.75, 3.05) is 42.6 Å². The summed E-state index contributed by atoms with van der Waals surface area (Å²) in [5.41, 5.74) is 2.67. The van der Waals surface area contributed by atoms with E-state index in [4.69, 9.17) is 14.5 Å². The van der Waals surface area contributed by atoms with E-state index in [9.17, 15) is 9.90 Å². The van der Waals surface area contributed by atoms with Gasteiger partial charge in [0.25, 0.3) is 0 Å². The maximum Gasteiger partial charge on any atom is 0.415 e. The predicted molar refractivity (Wildman–Crippen MR) is 116 cm³/mol. The predicted octanol–water partition coefficient (Wildman–Crippen LogP) is 2.02. The van der Waals surface area contributed by atoms with Gasteiger partial charge in [-0.05, 0) is 55.1 Å². The quantitative estimate of drug-likeness (QED) is 0.783. The number of piperidine rings is 1. The van der Waals surface area contributed by atoms with Crippen LogP contribution in [0.15, 0.2) is 36.5 Å². The molecule has 0 radical (unpaired) electrons. The molecule has 3 saturated heterocycles. The largest absolute Gasteiger partial charge is 0.489 e. The number of cyclic esters (lactones) is 1. The Morgan fingerprint density at radius 3 is 2.90 bits per heavy atom. The van der Waals surface area contributed by atoms with Gasteiger partial charge in [0.15, 0.2) is 6.10 Å². The highest BCUT2D eigenvalue weighted by Gasteiger charge is 2.46. The summed E-state index contributed by atoms with van der Waals surface area (Å²) in [6.45, 7) is 3.30. The Bertz CT molecular complexity index is 984. The first-order valence-electron chi connectivity index (χ1n) is 11.0. The van der Waals surface area contributed by atoms with Gasteiger partial charge < -0.3 is 24.8 Å². The van der Waals surface area contributed by atoms with Crippen molar-refractivity contribution in [2.24, 2.45) is 5.92 Å². The molecule has 0 bridgehead atoms. The fourth-order valence-electron chi connectivity index (χ4n) is 5.35. The molecule has 2 N–H and O–H groups in total. The zero-order valence-electron chi connectivity index (χ0n) is 17.2. The van der Waals surface area contributed by atoms with E-state index in [-0.39, 0.29) is 12.6 Å². The number of rotatable bonds is 3. The van der Waals surface area contributed by atoms with Crippen molar-refractivity contribution in [3.05, 3.63) is 36.5 Å². The number of carbonyl (C=O) groups is 1. The highest BCUT2D eigenvalue weighted by atomic mass is 16.6. The maximum absolute atomic E-state index is 12.3. The van der Waals surface area contributed by atoms with Gasteiger partial charge in [0, 0.05) is 30.9 Å². The normalized spacial score (nSPS) is 29.1. The van der Waals surface area contributed by atoms with Crippen LogP contribution in [0.4, 0.5) is 16.3 Å². The smallest absolute Gasteiger partial charge is 0.415 e. The number of anilines is 2. The Hall–Kier alpha value is -2.84. The first-order valence-corrected chi connectivity index (χ1v) is 11.0. The molecule has 4 atom stereocenters. The Morgan fingerprint density at radius 2 is 2.10 bits per heavy atom. The van der Waals surface area contributed by atoms with Gasteiger partial charge in [-0.2, -0.15) is 0 Å². The van der Waals surface area contributed by atoms with E-state index >= 15 is 0 Å². The van der Waals surface area contributed by atoms with Gasteiger partial charge in [0.1, 0.15) is 24.2 Å². The van der Waals surface area contributed by atoms with E-state index in [1.54, 1.807) is 4.90 Å². The summed E-state index contributed by atoms with van der Waals surface area (Å²) < 4.78 is 11.2. The third-order valence-corrected chi connectivity index (χ3v) is 7.02. The number of nitrogens with zero attached hydrogens (tertiary/aromatic N) is 3. The van der Waals surface area contributed by atoms with Crippen LogP contribution >= 0.6 is 0 Å². The van der Waals surface area contributed by atoms with Crippen molar-refractivity contribution in [3.8, 4) is 16.9 Å². The number of carbonyl (C=O) groups excluding carboxylic acids is 1. The molecule has 162 valence electrons. The van der Waals surface area contributed by atoms with Crippen LogP contribution in [0.2, 0.25) is 0 Å².